The third-order valence-electron chi connectivity index (χ3n) is 11.3. The molecule has 0 aliphatic heterocycles. The summed E-state index contributed by atoms with van der Waals surface area (Å²) in [5.74, 6) is -0.341. The first-order valence-electron chi connectivity index (χ1n) is 15.9. The monoisotopic (exact) mass is 659 g/mol. The zero-order valence-electron chi connectivity index (χ0n) is 26.4. The molecule has 0 spiro atoms. The predicted octanol–water partition coefficient (Wildman–Crippen LogP) is 6.69. The maximum Gasteiger partial charge on any atom is 0.306 e. The van der Waals surface area contributed by atoms with Gasteiger partial charge in [-0.15, -0.1) is 0 Å². The minimum atomic E-state index is -1.59. The molecule has 7 atom stereocenters. The lowest BCUT2D eigenvalue weighted by atomic mass is 9.45. The summed E-state index contributed by atoms with van der Waals surface area (Å²) in [7, 11) is 0. The Labute approximate surface area is 274 Å². The second-order valence-electron chi connectivity index (χ2n) is 13.8. The standard InChI is InChI=1S/C25H36O6.C10H7Cl2NO/c1-4-5-21(29)31-14-20(28)25(30)11-9-18-17-7-6-15-12-16(26)8-10-23(15,2)22(17)19(27)13-24(18,25)3;1-5-2-3-6-7(11)4-8(12)10(14)9(6)13-5/h12,17-19,22,27,30H,4-11,13-14H2,1-3H3;2-4,14H,1H3/t17?,18?,19-,22?,23-,24-,25-;/m0./s1. The van der Waals surface area contributed by atoms with Gasteiger partial charge in [0.2, 0.25) is 5.78 Å². The van der Waals surface area contributed by atoms with Crippen LogP contribution in [0.2, 0.25) is 10.0 Å². The molecule has 3 saturated carbocycles. The summed E-state index contributed by atoms with van der Waals surface area (Å²) in [4.78, 5) is 41.0. The van der Waals surface area contributed by atoms with Gasteiger partial charge in [-0.2, -0.15) is 0 Å². The van der Waals surface area contributed by atoms with Crippen molar-refractivity contribution in [2.24, 2.45) is 28.6 Å². The molecule has 4 aliphatic carbocycles. The molecule has 0 bridgehead atoms. The molecule has 8 nitrogen and oxygen atoms in total. The summed E-state index contributed by atoms with van der Waals surface area (Å²) in [5.41, 5.74) is -0.106. The fraction of sp³-hybridized carbons (Fsp3) is 0.600. The van der Waals surface area contributed by atoms with Gasteiger partial charge in [-0.3, -0.25) is 14.4 Å². The van der Waals surface area contributed by atoms with Crippen LogP contribution in [0, 0.1) is 35.5 Å². The van der Waals surface area contributed by atoms with Gasteiger partial charge in [0.05, 0.1) is 16.1 Å². The number of halogens is 2. The summed E-state index contributed by atoms with van der Waals surface area (Å²) in [6, 6.07) is 5.16. The molecule has 3 unspecified atom stereocenters. The Morgan fingerprint density at radius 2 is 1.84 bits per heavy atom. The van der Waals surface area contributed by atoms with E-state index in [2.05, 4.69) is 11.9 Å². The highest BCUT2D eigenvalue weighted by Gasteiger charge is 2.68. The van der Waals surface area contributed by atoms with Crippen molar-refractivity contribution in [2.45, 2.75) is 97.2 Å². The van der Waals surface area contributed by atoms with Crippen LogP contribution in [-0.2, 0) is 19.1 Å². The minimum Gasteiger partial charge on any atom is -0.504 e. The highest BCUT2D eigenvalue weighted by atomic mass is 35.5. The predicted molar refractivity (Wildman–Crippen MR) is 172 cm³/mol. The van der Waals surface area contributed by atoms with E-state index in [9.17, 15) is 29.7 Å². The van der Waals surface area contributed by atoms with Crippen LogP contribution in [0.25, 0.3) is 10.9 Å². The van der Waals surface area contributed by atoms with E-state index in [1.165, 1.54) is 11.6 Å². The Bertz CT molecular complexity index is 1560. The maximum atomic E-state index is 13.1. The van der Waals surface area contributed by atoms with Crippen molar-refractivity contribution >= 4 is 51.6 Å². The number of phenols is 1. The molecule has 45 heavy (non-hydrogen) atoms. The lowest BCUT2D eigenvalue weighted by Gasteiger charge is -2.60. The molecule has 0 saturated heterocycles. The van der Waals surface area contributed by atoms with Gasteiger partial charge in [0.25, 0.3) is 0 Å². The van der Waals surface area contributed by atoms with Crippen LogP contribution < -0.4 is 0 Å². The van der Waals surface area contributed by atoms with Gasteiger partial charge in [0, 0.05) is 29.3 Å². The van der Waals surface area contributed by atoms with E-state index >= 15 is 0 Å². The molecule has 6 rings (SSSR count). The first-order valence-corrected chi connectivity index (χ1v) is 16.7. The quantitative estimate of drug-likeness (QED) is 0.302. The van der Waals surface area contributed by atoms with Crippen LogP contribution in [0.15, 0.2) is 29.8 Å². The number of Topliss-reactive ketones (excluding diaryl/α,β-unsaturated/α-hetero) is 1. The second kappa shape index (κ2) is 12.6. The van der Waals surface area contributed by atoms with Gasteiger partial charge >= 0.3 is 5.97 Å². The van der Waals surface area contributed by atoms with Crippen molar-refractivity contribution in [2.75, 3.05) is 6.61 Å². The van der Waals surface area contributed by atoms with E-state index in [-0.39, 0.29) is 46.1 Å². The van der Waals surface area contributed by atoms with Crippen LogP contribution in [0.4, 0.5) is 0 Å². The topological polar surface area (TPSA) is 134 Å². The molecule has 244 valence electrons. The van der Waals surface area contributed by atoms with Crippen molar-refractivity contribution in [3.63, 3.8) is 0 Å². The molecule has 1 heterocycles. The van der Waals surface area contributed by atoms with Crippen molar-refractivity contribution in [1.29, 1.82) is 0 Å². The molecule has 2 aromatic rings. The van der Waals surface area contributed by atoms with Crippen molar-refractivity contribution in [3.05, 3.63) is 45.6 Å². The lowest BCUT2D eigenvalue weighted by Crippen LogP contribution is -2.62. The summed E-state index contributed by atoms with van der Waals surface area (Å²) in [6.45, 7) is 7.43. The smallest absolute Gasteiger partial charge is 0.306 e. The number of benzene rings is 1. The number of pyridine rings is 1. The number of carbonyl (C=O) groups is 3. The average molecular weight is 661 g/mol. The highest BCUT2D eigenvalue weighted by molar-refractivity contribution is 6.39. The Morgan fingerprint density at radius 1 is 1.11 bits per heavy atom. The van der Waals surface area contributed by atoms with Gasteiger partial charge in [-0.1, -0.05) is 49.5 Å². The summed E-state index contributed by atoms with van der Waals surface area (Å²) in [6.07, 6.45) is 6.46. The number of ketones is 2. The Morgan fingerprint density at radius 3 is 2.56 bits per heavy atom. The number of aromatic hydroxyl groups is 1. The zero-order valence-corrected chi connectivity index (χ0v) is 27.9. The van der Waals surface area contributed by atoms with Crippen molar-refractivity contribution in [3.8, 4) is 5.75 Å². The van der Waals surface area contributed by atoms with Crippen molar-refractivity contribution < 1.29 is 34.4 Å². The number of hydrogen-bond acceptors (Lipinski definition) is 8. The number of fused-ring (bicyclic) bond motifs is 6. The average Bonchev–Trinajstić information content (AvgIpc) is 3.26. The van der Waals surface area contributed by atoms with Gasteiger partial charge in [-0.25, -0.2) is 4.98 Å². The molecule has 1 aromatic carbocycles. The summed E-state index contributed by atoms with van der Waals surface area (Å²) >= 11 is 11.7. The van der Waals surface area contributed by atoms with E-state index < -0.39 is 35.5 Å². The number of phenolic OH excluding ortho intramolecular Hbond substituents is 1. The number of hydrogen-bond donors (Lipinski definition) is 3. The van der Waals surface area contributed by atoms with Crippen LogP contribution >= 0.6 is 23.2 Å². The lowest BCUT2D eigenvalue weighted by molar-refractivity contribution is -0.184. The maximum absolute atomic E-state index is 13.1. The molecule has 1 aromatic heterocycles. The number of aromatic nitrogens is 1. The number of aliphatic hydroxyl groups excluding tert-OH is 1. The third-order valence-corrected chi connectivity index (χ3v) is 11.9. The van der Waals surface area contributed by atoms with Crippen molar-refractivity contribution in [1.82, 2.24) is 4.98 Å². The molecule has 10 heteroatoms. The summed E-state index contributed by atoms with van der Waals surface area (Å²) < 4.78 is 5.13. The van der Waals surface area contributed by atoms with Crippen LogP contribution in [0.5, 0.6) is 5.75 Å². The zero-order chi connectivity index (χ0) is 32.9. The van der Waals surface area contributed by atoms with Crippen LogP contribution in [0.1, 0.15) is 84.3 Å². The normalized spacial score (nSPS) is 33.7. The molecule has 4 aliphatic rings. The van der Waals surface area contributed by atoms with E-state index in [1.807, 2.05) is 32.9 Å². The number of ether oxygens (including phenoxy) is 1. The number of aryl methyl sites for hydroxylation is 1. The first-order chi connectivity index (χ1) is 21.2. The minimum absolute atomic E-state index is 0.0187. The largest absolute Gasteiger partial charge is 0.504 e. The van der Waals surface area contributed by atoms with E-state index in [0.29, 0.717) is 41.6 Å². The SMILES string of the molecule is CCCC(=O)OCC(=O)[C@@]1(O)CCC2C3CCC4=CC(=O)CC[C@]4(C)C3[C@@H](O)C[C@@]21C.Cc1ccc2c(Cl)cc(Cl)c(O)c2n1. The number of allylic oxidation sites excluding steroid dienone is 1. The van der Waals surface area contributed by atoms with Gasteiger partial charge in [-0.05, 0) is 99.3 Å². The Balaban J connectivity index is 0.000000238. The summed E-state index contributed by atoms with van der Waals surface area (Å²) in [5, 5.41) is 34.0. The van der Waals surface area contributed by atoms with Crippen LogP contribution in [0.3, 0.4) is 0 Å². The Hall–Kier alpha value is -2.52. The highest BCUT2D eigenvalue weighted by Crippen LogP contribution is 2.67. The number of nitrogens with zero attached hydrogens (tertiary/aromatic N) is 1. The molecular formula is C35H43Cl2NO7. The molecular weight excluding hydrogens is 617 g/mol. The van der Waals surface area contributed by atoms with E-state index in [1.54, 1.807) is 6.08 Å². The number of carbonyl (C=O) groups excluding carboxylic acids is 3. The second-order valence-corrected chi connectivity index (χ2v) is 14.7. The number of esters is 1. The van der Waals surface area contributed by atoms with Gasteiger partial charge in [0.15, 0.2) is 18.1 Å². The first kappa shape index (κ1) is 33.8. The van der Waals surface area contributed by atoms with Crippen LogP contribution in [-0.4, -0.2) is 56.2 Å². The third kappa shape index (κ3) is 5.81. The van der Waals surface area contributed by atoms with E-state index in [4.69, 9.17) is 27.9 Å². The molecule has 3 N–H and O–H groups in total. The number of aliphatic hydroxyl groups is 2. The van der Waals surface area contributed by atoms with E-state index in [0.717, 1.165) is 31.4 Å². The van der Waals surface area contributed by atoms with Gasteiger partial charge in [0.1, 0.15) is 11.1 Å². The molecule has 0 amide bonds. The fourth-order valence-corrected chi connectivity index (χ4v) is 9.51. The molecule has 3 fully saturated rings. The molecule has 0 radical (unpaired) electrons. The van der Waals surface area contributed by atoms with Gasteiger partial charge < -0.3 is 20.1 Å². The number of rotatable bonds is 5. The fourth-order valence-electron chi connectivity index (χ4n) is 8.99. The Kier molecular flexibility index (Phi) is 9.46.